The van der Waals surface area contributed by atoms with Gasteiger partial charge in [-0.05, 0) is 41.8 Å². The fraction of sp³-hybridized carbons (Fsp3) is 0. The minimum atomic E-state index is -0.233. The summed E-state index contributed by atoms with van der Waals surface area (Å²) in [6, 6.07) is 11.9. The van der Waals surface area contributed by atoms with Crippen molar-refractivity contribution in [1.29, 1.82) is 0 Å². The molecule has 4 nitrogen and oxygen atoms in total. The molecule has 0 aliphatic carbocycles. The van der Waals surface area contributed by atoms with Gasteiger partial charge >= 0.3 is 0 Å². The van der Waals surface area contributed by atoms with Crippen LogP contribution < -0.4 is 5.32 Å². The summed E-state index contributed by atoms with van der Waals surface area (Å²) in [5.74, 6) is -0.249. The molecule has 2 aromatic carbocycles. The minimum absolute atomic E-state index is 0.0162. The number of hydrogen-bond donors (Lipinski definition) is 3. The molecule has 0 atom stereocenters. The van der Waals surface area contributed by atoms with Crippen molar-refractivity contribution in [1.82, 2.24) is 4.98 Å². The number of aromatic hydroxyl groups is 1. The van der Waals surface area contributed by atoms with Crippen molar-refractivity contribution in [3.8, 4) is 5.75 Å². The Balaban J connectivity index is 1.86. The highest BCUT2D eigenvalue weighted by molar-refractivity contribution is 6.32. The second kappa shape index (κ2) is 4.90. The molecule has 0 bridgehead atoms. The van der Waals surface area contributed by atoms with Crippen LogP contribution in [-0.4, -0.2) is 16.0 Å². The number of aromatic amines is 1. The summed E-state index contributed by atoms with van der Waals surface area (Å²) in [5, 5.41) is 13.3. The molecule has 3 aromatic rings. The molecule has 0 saturated carbocycles. The van der Waals surface area contributed by atoms with Crippen molar-refractivity contribution in [3.63, 3.8) is 0 Å². The smallest absolute Gasteiger partial charge is 0.255 e. The number of nitrogens with one attached hydrogen (secondary N) is 2. The third kappa shape index (κ3) is 2.33. The average Bonchev–Trinajstić information content (AvgIpc) is 2.90. The zero-order valence-corrected chi connectivity index (χ0v) is 11.1. The van der Waals surface area contributed by atoms with Crippen molar-refractivity contribution in [3.05, 3.63) is 59.2 Å². The zero-order valence-electron chi connectivity index (χ0n) is 10.4. The van der Waals surface area contributed by atoms with Crippen molar-refractivity contribution >= 4 is 34.1 Å². The summed E-state index contributed by atoms with van der Waals surface area (Å²) in [4.78, 5) is 15.2. The Hall–Kier alpha value is -2.46. The molecule has 100 valence electrons. The summed E-state index contributed by atoms with van der Waals surface area (Å²) in [7, 11) is 0. The summed E-state index contributed by atoms with van der Waals surface area (Å²) < 4.78 is 0. The van der Waals surface area contributed by atoms with E-state index in [1.165, 1.54) is 12.1 Å². The Morgan fingerprint density at radius 1 is 1.15 bits per heavy atom. The second-order valence-electron chi connectivity index (χ2n) is 4.40. The SMILES string of the molecule is O=C(Nc1ccc(O)c(Cl)c1)c1ccc2cc[nH]c2c1. The Kier molecular flexibility index (Phi) is 3.08. The van der Waals surface area contributed by atoms with E-state index in [2.05, 4.69) is 10.3 Å². The van der Waals surface area contributed by atoms with Crippen LogP contribution in [0.15, 0.2) is 48.7 Å². The van der Waals surface area contributed by atoms with Gasteiger partial charge in [-0.1, -0.05) is 17.7 Å². The van der Waals surface area contributed by atoms with Gasteiger partial charge < -0.3 is 15.4 Å². The van der Waals surface area contributed by atoms with Crippen molar-refractivity contribution < 1.29 is 9.90 Å². The van der Waals surface area contributed by atoms with Crippen molar-refractivity contribution in [2.24, 2.45) is 0 Å². The van der Waals surface area contributed by atoms with Gasteiger partial charge in [-0.3, -0.25) is 4.79 Å². The fourth-order valence-corrected chi connectivity index (χ4v) is 2.16. The topological polar surface area (TPSA) is 65.1 Å². The van der Waals surface area contributed by atoms with E-state index in [1.807, 2.05) is 18.3 Å². The van der Waals surface area contributed by atoms with Crippen LogP contribution in [0.3, 0.4) is 0 Å². The van der Waals surface area contributed by atoms with Crippen LogP contribution in [0.25, 0.3) is 10.9 Å². The zero-order chi connectivity index (χ0) is 14.1. The number of anilines is 1. The van der Waals surface area contributed by atoms with E-state index in [9.17, 15) is 9.90 Å². The van der Waals surface area contributed by atoms with Gasteiger partial charge in [0.15, 0.2) is 0 Å². The second-order valence-corrected chi connectivity index (χ2v) is 4.81. The number of amides is 1. The van der Waals surface area contributed by atoms with Crippen LogP contribution >= 0.6 is 11.6 Å². The maximum absolute atomic E-state index is 12.1. The molecule has 3 N–H and O–H groups in total. The number of H-pyrrole nitrogens is 1. The van der Waals surface area contributed by atoms with E-state index in [0.717, 1.165) is 10.9 Å². The lowest BCUT2D eigenvalue weighted by Gasteiger charge is -2.06. The lowest BCUT2D eigenvalue weighted by molar-refractivity contribution is 0.102. The number of phenolic OH excluding ortho intramolecular Hbond substituents is 1. The van der Waals surface area contributed by atoms with Crippen LogP contribution in [0.1, 0.15) is 10.4 Å². The van der Waals surface area contributed by atoms with Gasteiger partial charge in [-0.2, -0.15) is 0 Å². The minimum Gasteiger partial charge on any atom is -0.506 e. The Labute approximate surface area is 120 Å². The van der Waals surface area contributed by atoms with E-state index in [1.54, 1.807) is 18.2 Å². The predicted octanol–water partition coefficient (Wildman–Crippen LogP) is 3.78. The lowest BCUT2D eigenvalue weighted by Crippen LogP contribution is -2.11. The molecule has 1 heterocycles. The monoisotopic (exact) mass is 286 g/mol. The number of carbonyl (C=O) groups excluding carboxylic acids is 1. The van der Waals surface area contributed by atoms with E-state index in [4.69, 9.17) is 11.6 Å². The Bertz CT molecular complexity index is 795. The number of benzene rings is 2. The molecule has 0 radical (unpaired) electrons. The first-order valence-electron chi connectivity index (χ1n) is 6.00. The maximum atomic E-state index is 12.1. The number of halogens is 1. The van der Waals surface area contributed by atoms with Crippen LogP contribution in [-0.2, 0) is 0 Å². The van der Waals surface area contributed by atoms with Crippen LogP contribution in [0.5, 0.6) is 5.75 Å². The molecule has 0 aliphatic rings. The number of aromatic nitrogens is 1. The number of carbonyl (C=O) groups is 1. The quantitative estimate of drug-likeness (QED) is 0.628. The normalized spacial score (nSPS) is 10.7. The highest BCUT2D eigenvalue weighted by Gasteiger charge is 2.08. The van der Waals surface area contributed by atoms with Gasteiger partial charge in [-0.15, -0.1) is 0 Å². The first-order valence-corrected chi connectivity index (χ1v) is 6.38. The number of rotatable bonds is 2. The largest absolute Gasteiger partial charge is 0.506 e. The maximum Gasteiger partial charge on any atom is 0.255 e. The van der Waals surface area contributed by atoms with Gasteiger partial charge in [-0.25, -0.2) is 0 Å². The molecular formula is C15H11ClN2O2. The first-order chi connectivity index (χ1) is 9.63. The molecule has 1 aromatic heterocycles. The Morgan fingerprint density at radius 3 is 2.80 bits per heavy atom. The highest BCUT2D eigenvalue weighted by atomic mass is 35.5. The van der Waals surface area contributed by atoms with E-state index in [-0.39, 0.29) is 16.7 Å². The van der Waals surface area contributed by atoms with E-state index >= 15 is 0 Å². The Morgan fingerprint density at radius 2 is 2.00 bits per heavy atom. The van der Waals surface area contributed by atoms with E-state index in [0.29, 0.717) is 11.3 Å². The molecule has 0 fully saturated rings. The van der Waals surface area contributed by atoms with Gasteiger partial charge in [0, 0.05) is 23.0 Å². The molecular weight excluding hydrogens is 276 g/mol. The summed E-state index contributed by atoms with van der Waals surface area (Å²) >= 11 is 5.80. The molecule has 20 heavy (non-hydrogen) atoms. The van der Waals surface area contributed by atoms with Gasteiger partial charge in [0.1, 0.15) is 5.75 Å². The highest BCUT2D eigenvalue weighted by Crippen LogP contribution is 2.26. The van der Waals surface area contributed by atoms with Gasteiger partial charge in [0.05, 0.1) is 5.02 Å². The summed E-state index contributed by atoms with van der Waals surface area (Å²) in [6.07, 6.45) is 1.83. The van der Waals surface area contributed by atoms with Crippen molar-refractivity contribution in [2.45, 2.75) is 0 Å². The van der Waals surface area contributed by atoms with Crippen molar-refractivity contribution in [2.75, 3.05) is 5.32 Å². The van der Waals surface area contributed by atoms with Crippen LogP contribution in [0.4, 0.5) is 5.69 Å². The first kappa shape index (κ1) is 12.6. The number of hydrogen-bond acceptors (Lipinski definition) is 2. The number of phenols is 1. The third-order valence-corrected chi connectivity index (χ3v) is 3.33. The number of fused-ring (bicyclic) bond motifs is 1. The summed E-state index contributed by atoms with van der Waals surface area (Å²) in [6.45, 7) is 0. The average molecular weight is 287 g/mol. The molecule has 0 spiro atoms. The lowest BCUT2D eigenvalue weighted by atomic mass is 10.1. The van der Waals surface area contributed by atoms with Gasteiger partial charge in [0.25, 0.3) is 5.91 Å². The standard InChI is InChI=1S/C15H11ClN2O2/c16-12-8-11(3-4-14(12)19)18-15(20)10-2-1-9-5-6-17-13(9)7-10/h1-8,17,19H,(H,18,20). The third-order valence-electron chi connectivity index (χ3n) is 3.02. The molecule has 0 saturated heterocycles. The summed E-state index contributed by atoms with van der Waals surface area (Å²) in [5.41, 5.74) is 1.98. The molecule has 0 aliphatic heterocycles. The molecule has 0 unspecified atom stereocenters. The van der Waals surface area contributed by atoms with Gasteiger partial charge in [0.2, 0.25) is 0 Å². The molecule has 3 rings (SSSR count). The predicted molar refractivity (Wildman–Crippen MR) is 79.4 cm³/mol. The van der Waals surface area contributed by atoms with Crippen LogP contribution in [0.2, 0.25) is 5.02 Å². The molecule has 5 heteroatoms. The molecule has 1 amide bonds. The fourth-order valence-electron chi connectivity index (χ4n) is 1.98. The van der Waals surface area contributed by atoms with Crippen LogP contribution in [0, 0.1) is 0 Å². The van der Waals surface area contributed by atoms with E-state index < -0.39 is 0 Å².